The molecule has 19 heavy (non-hydrogen) atoms. The molecule has 1 aromatic rings. The van der Waals surface area contributed by atoms with Crippen LogP contribution in [0.5, 0.6) is 0 Å². The fourth-order valence-corrected chi connectivity index (χ4v) is 2.45. The lowest BCUT2D eigenvalue weighted by molar-refractivity contribution is -0.123. The van der Waals surface area contributed by atoms with Crippen LogP contribution >= 0.6 is 0 Å². The van der Waals surface area contributed by atoms with Gasteiger partial charge in [0.05, 0.1) is 11.3 Å². The molecule has 0 unspecified atom stereocenters. The van der Waals surface area contributed by atoms with Gasteiger partial charge in [0.15, 0.2) is 5.78 Å². The number of amides is 1. The van der Waals surface area contributed by atoms with Crippen LogP contribution in [-0.4, -0.2) is 33.6 Å². The van der Waals surface area contributed by atoms with Crippen molar-refractivity contribution >= 4 is 11.7 Å². The molecular formula is C13H20N4O2. The Bertz CT molecular complexity index is 521. The first kappa shape index (κ1) is 13.7. The van der Waals surface area contributed by atoms with E-state index < -0.39 is 0 Å². The van der Waals surface area contributed by atoms with E-state index in [-0.39, 0.29) is 30.3 Å². The lowest BCUT2D eigenvalue weighted by atomic mass is 9.87. The normalized spacial score (nSPS) is 21.9. The third-order valence-electron chi connectivity index (χ3n) is 3.70. The summed E-state index contributed by atoms with van der Waals surface area (Å²) in [7, 11) is 0. The van der Waals surface area contributed by atoms with Crippen LogP contribution < -0.4 is 11.1 Å². The lowest BCUT2D eigenvalue weighted by Gasteiger charge is -2.34. The molecule has 1 aliphatic carbocycles. The molecule has 0 aliphatic heterocycles. The van der Waals surface area contributed by atoms with Gasteiger partial charge in [-0.15, -0.1) is 0 Å². The van der Waals surface area contributed by atoms with Gasteiger partial charge in [0.1, 0.15) is 6.54 Å². The molecule has 0 saturated heterocycles. The molecule has 0 spiro atoms. The average Bonchev–Trinajstić information content (AvgIpc) is 2.59. The molecule has 1 heterocycles. The van der Waals surface area contributed by atoms with Crippen molar-refractivity contribution < 1.29 is 9.59 Å². The quantitative estimate of drug-likeness (QED) is 0.766. The van der Waals surface area contributed by atoms with Gasteiger partial charge in [0.25, 0.3) is 0 Å². The van der Waals surface area contributed by atoms with E-state index >= 15 is 0 Å². The minimum Gasteiger partial charge on any atom is -0.350 e. The molecule has 6 heteroatoms. The molecule has 1 aliphatic rings. The molecule has 104 valence electrons. The summed E-state index contributed by atoms with van der Waals surface area (Å²) in [5.41, 5.74) is 7.78. The predicted octanol–water partition coefficient (Wildman–Crippen LogP) is 0.308. The number of carbonyl (C=O) groups is 2. The van der Waals surface area contributed by atoms with Crippen molar-refractivity contribution in [1.29, 1.82) is 0 Å². The molecule has 1 amide bonds. The molecule has 1 aromatic heterocycles. The predicted molar refractivity (Wildman–Crippen MR) is 70.8 cm³/mol. The zero-order valence-electron chi connectivity index (χ0n) is 11.6. The average molecular weight is 264 g/mol. The molecule has 2 atom stereocenters. The van der Waals surface area contributed by atoms with Crippen LogP contribution in [-0.2, 0) is 11.3 Å². The zero-order chi connectivity index (χ0) is 14.2. The highest BCUT2D eigenvalue weighted by atomic mass is 16.2. The van der Waals surface area contributed by atoms with Gasteiger partial charge in [-0.3, -0.25) is 14.3 Å². The third-order valence-corrected chi connectivity index (χ3v) is 3.70. The fraction of sp³-hybridized carbons (Fsp3) is 0.615. The summed E-state index contributed by atoms with van der Waals surface area (Å²) in [5, 5.41) is 7.14. The molecule has 0 radical (unpaired) electrons. The summed E-state index contributed by atoms with van der Waals surface area (Å²) in [6.45, 7) is 5.22. The van der Waals surface area contributed by atoms with Crippen molar-refractivity contribution in [2.45, 2.75) is 52.2 Å². The van der Waals surface area contributed by atoms with Crippen molar-refractivity contribution in [3.8, 4) is 0 Å². The lowest BCUT2D eigenvalue weighted by Crippen LogP contribution is -2.55. The standard InChI is InChI=1S/C13H20N4O2/c1-7-13(9(3)18)8(2)17(16-7)6-12(19)15-11-5-4-10(11)14/h10-11H,4-6,14H2,1-3H3,(H,15,19)/t10-,11+/m0/s1. The first-order valence-electron chi connectivity index (χ1n) is 6.50. The Morgan fingerprint density at radius 3 is 2.53 bits per heavy atom. The number of aryl methyl sites for hydroxylation is 1. The number of carbonyl (C=O) groups excluding carboxylic acids is 2. The Labute approximate surface area is 112 Å². The van der Waals surface area contributed by atoms with Crippen LogP contribution in [0.2, 0.25) is 0 Å². The molecule has 2 rings (SSSR count). The summed E-state index contributed by atoms with van der Waals surface area (Å²) in [6.07, 6.45) is 1.89. The summed E-state index contributed by atoms with van der Waals surface area (Å²) in [4.78, 5) is 23.4. The Kier molecular flexibility index (Phi) is 3.71. The topological polar surface area (TPSA) is 90.0 Å². The van der Waals surface area contributed by atoms with E-state index in [0.29, 0.717) is 11.3 Å². The Hall–Kier alpha value is -1.69. The first-order chi connectivity index (χ1) is 8.90. The maximum atomic E-state index is 11.9. The molecule has 0 bridgehead atoms. The number of aromatic nitrogens is 2. The second-order valence-corrected chi connectivity index (χ2v) is 5.17. The van der Waals surface area contributed by atoms with Crippen LogP contribution in [0.25, 0.3) is 0 Å². The number of hydrogen-bond acceptors (Lipinski definition) is 4. The van der Waals surface area contributed by atoms with Crippen LogP contribution in [0.15, 0.2) is 0 Å². The highest BCUT2D eigenvalue weighted by Gasteiger charge is 2.28. The van der Waals surface area contributed by atoms with Gasteiger partial charge in [-0.2, -0.15) is 5.10 Å². The van der Waals surface area contributed by atoms with Crippen LogP contribution in [0.4, 0.5) is 0 Å². The van der Waals surface area contributed by atoms with E-state index in [9.17, 15) is 9.59 Å². The number of nitrogens with one attached hydrogen (secondary N) is 1. The van der Waals surface area contributed by atoms with Crippen molar-refractivity contribution in [2.24, 2.45) is 5.73 Å². The van der Waals surface area contributed by atoms with E-state index in [1.807, 2.05) is 0 Å². The van der Waals surface area contributed by atoms with Crippen molar-refractivity contribution in [2.75, 3.05) is 0 Å². The molecule has 1 saturated carbocycles. The van der Waals surface area contributed by atoms with Gasteiger partial charge in [-0.25, -0.2) is 0 Å². The molecule has 0 aromatic carbocycles. The monoisotopic (exact) mass is 264 g/mol. The number of nitrogens with two attached hydrogens (primary N) is 1. The van der Waals surface area contributed by atoms with E-state index in [4.69, 9.17) is 5.73 Å². The largest absolute Gasteiger partial charge is 0.350 e. The Morgan fingerprint density at radius 1 is 1.42 bits per heavy atom. The summed E-state index contributed by atoms with van der Waals surface area (Å²) >= 11 is 0. The van der Waals surface area contributed by atoms with Crippen LogP contribution in [0, 0.1) is 13.8 Å². The zero-order valence-corrected chi connectivity index (χ0v) is 11.6. The maximum absolute atomic E-state index is 11.9. The van der Waals surface area contributed by atoms with E-state index in [1.54, 1.807) is 18.5 Å². The number of rotatable bonds is 4. The van der Waals surface area contributed by atoms with E-state index in [1.165, 1.54) is 6.92 Å². The highest BCUT2D eigenvalue weighted by molar-refractivity contribution is 5.96. The number of Topliss-reactive ketones (excluding diaryl/α,β-unsaturated/α-hetero) is 1. The van der Waals surface area contributed by atoms with Gasteiger partial charge in [-0.1, -0.05) is 0 Å². The summed E-state index contributed by atoms with van der Waals surface area (Å²) < 4.78 is 1.57. The van der Waals surface area contributed by atoms with E-state index in [2.05, 4.69) is 10.4 Å². The molecule has 3 N–H and O–H groups in total. The third kappa shape index (κ3) is 2.68. The minimum atomic E-state index is -0.110. The molecular weight excluding hydrogens is 244 g/mol. The number of hydrogen-bond donors (Lipinski definition) is 2. The van der Waals surface area contributed by atoms with Crippen molar-refractivity contribution in [3.05, 3.63) is 17.0 Å². The Morgan fingerprint density at radius 2 is 2.11 bits per heavy atom. The van der Waals surface area contributed by atoms with Gasteiger partial charge in [-0.05, 0) is 33.6 Å². The Balaban J connectivity index is 2.05. The number of nitrogens with zero attached hydrogens (tertiary/aromatic N) is 2. The van der Waals surface area contributed by atoms with E-state index in [0.717, 1.165) is 18.5 Å². The molecule has 6 nitrogen and oxygen atoms in total. The second-order valence-electron chi connectivity index (χ2n) is 5.17. The SMILES string of the molecule is CC(=O)c1c(C)nn(CC(=O)N[C@@H]2CC[C@@H]2N)c1C. The van der Waals surface area contributed by atoms with Gasteiger partial charge >= 0.3 is 0 Å². The number of ketones is 1. The van der Waals surface area contributed by atoms with Crippen molar-refractivity contribution in [1.82, 2.24) is 15.1 Å². The highest BCUT2D eigenvalue weighted by Crippen LogP contribution is 2.17. The summed E-state index contributed by atoms with van der Waals surface area (Å²) in [6, 6.07) is 0.147. The van der Waals surface area contributed by atoms with Gasteiger partial charge < -0.3 is 11.1 Å². The van der Waals surface area contributed by atoms with Gasteiger partial charge in [0, 0.05) is 17.8 Å². The van der Waals surface area contributed by atoms with Gasteiger partial charge in [0.2, 0.25) is 5.91 Å². The van der Waals surface area contributed by atoms with Crippen LogP contribution in [0.1, 0.15) is 41.5 Å². The molecule has 1 fully saturated rings. The van der Waals surface area contributed by atoms with Crippen LogP contribution in [0.3, 0.4) is 0 Å². The smallest absolute Gasteiger partial charge is 0.242 e. The summed E-state index contributed by atoms with van der Waals surface area (Å²) in [5.74, 6) is -0.136. The first-order valence-corrected chi connectivity index (χ1v) is 6.50. The fourth-order valence-electron chi connectivity index (χ4n) is 2.45. The maximum Gasteiger partial charge on any atom is 0.242 e. The second kappa shape index (κ2) is 5.13. The van der Waals surface area contributed by atoms with Crippen molar-refractivity contribution in [3.63, 3.8) is 0 Å². The minimum absolute atomic E-state index is 0.0253.